The summed E-state index contributed by atoms with van der Waals surface area (Å²) in [5.74, 6) is -5.66. The minimum Gasteiger partial charge on any atom is -0.481 e. The Kier molecular flexibility index (Phi) is 7.92. The minimum absolute atomic E-state index is 0.272. The molecule has 11 heteroatoms. The molecule has 0 aliphatic rings. The highest BCUT2D eigenvalue weighted by atomic mass is 16.4. The Balaban J connectivity index is 2.47. The average molecular weight is 430 g/mol. The molecule has 7 N–H and O–H groups in total. The first-order valence-electron chi connectivity index (χ1n) is 9.10. The summed E-state index contributed by atoms with van der Waals surface area (Å²) in [4.78, 5) is 48.0. The standard InChI is InChI=1S/C20H22N4O7/c21-14(11-15(25)26)18(27)24(23-13-9-5-2-6-10-13)17(20(30)31)16(19(28)29)22-12-7-3-1-4-8-12/h1-10,14,16-17,22-23H,11,21H2,(H,25,26)(H,28,29)(H,30,31)/t14-,16?,17-/m0/s1. The quantitative estimate of drug-likeness (QED) is 0.277. The zero-order chi connectivity index (χ0) is 23.0. The van der Waals surface area contributed by atoms with Gasteiger partial charge >= 0.3 is 17.9 Å². The van der Waals surface area contributed by atoms with Gasteiger partial charge in [-0.05, 0) is 24.3 Å². The molecular formula is C20H22N4O7. The van der Waals surface area contributed by atoms with Gasteiger partial charge in [0.2, 0.25) is 0 Å². The second kappa shape index (κ2) is 10.6. The predicted molar refractivity (Wildman–Crippen MR) is 110 cm³/mol. The van der Waals surface area contributed by atoms with Crippen LogP contribution in [0.4, 0.5) is 11.4 Å². The maximum absolute atomic E-state index is 12.9. The van der Waals surface area contributed by atoms with Gasteiger partial charge in [0.05, 0.1) is 18.2 Å². The van der Waals surface area contributed by atoms with E-state index in [2.05, 4.69) is 10.7 Å². The number of carbonyl (C=O) groups is 4. The number of hydrazine groups is 1. The molecule has 0 heterocycles. The summed E-state index contributed by atoms with van der Waals surface area (Å²) in [6, 6.07) is 10.5. The van der Waals surface area contributed by atoms with Gasteiger partial charge in [-0.2, -0.15) is 0 Å². The van der Waals surface area contributed by atoms with Crippen LogP contribution in [0.3, 0.4) is 0 Å². The van der Waals surface area contributed by atoms with Crippen LogP contribution in [0.5, 0.6) is 0 Å². The predicted octanol–water partition coefficient (Wildman–Crippen LogP) is 0.663. The van der Waals surface area contributed by atoms with E-state index in [1.54, 1.807) is 36.4 Å². The number of carboxylic acids is 3. The summed E-state index contributed by atoms with van der Waals surface area (Å²) >= 11 is 0. The molecule has 164 valence electrons. The number of amides is 1. The number of nitrogens with two attached hydrogens (primary N) is 1. The van der Waals surface area contributed by atoms with Crippen LogP contribution < -0.4 is 16.5 Å². The van der Waals surface area contributed by atoms with Crippen molar-refractivity contribution >= 4 is 35.2 Å². The summed E-state index contributed by atoms with van der Waals surface area (Å²) in [6.07, 6.45) is -0.776. The number of aliphatic carboxylic acids is 3. The number of para-hydroxylation sites is 2. The van der Waals surface area contributed by atoms with E-state index in [0.29, 0.717) is 10.7 Å². The maximum Gasteiger partial charge on any atom is 0.331 e. The van der Waals surface area contributed by atoms with Crippen molar-refractivity contribution in [2.45, 2.75) is 24.5 Å². The van der Waals surface area contributed by atoms with Crippen LogP contribution in [0.1, 0.15) is 6.42 Å². The molecular weight excluding hydrogens is 408 g/mol. The molecule has 2 aromatic rings. The van der Waals surface area contributed by atoms with Gasteiger partial charge in [0.15, 0.2) is 12.1 Å². The van der Waals surface area contributed by atoms with Crippen LogP contribution in [-0.4, -0.2) is 62.3 Å². The Bertz CT molecular complexity index is 924. The summed E-state index contributed by atoms with van der Waals surface area (Å²) in [7, 11) is 0. The third-order valence-corrected chi connectivity index (χ3v) is 4.18. The average Bonchev–Trinajstić information content (AvgIpc) is 2.72. The van der Waals surface area contributed by atoms with Crippen LogP contribution in [0.2, 0.25) is 0 Å². The molecule has 0 aliphatic heterocycles. The van der Waals surface area contributed by atoms with Gasteiger partial charge in [-0.15, -0.1) is 0 Å². The molecule has 0 radical (unpaired) electrons. The first kappa shape index (κ1) is 23.2. The zero-order valence-electron chi connectivity index (χ0n) is 16.2. The molecule has 3 atom stereocenters. The lowest BCUT2D eigenvalue weighted by molar-refractivity contribution is -0.155. The number of hydrogen-bond acceptors (Lipinski definition) is 7. The molecule has 0 saturated carbocycles. The number of hydrogen-bond donors (Lipinski definition) is 6. The van der Waals surface area contributed by atoms with E-state index in [0.717, 1.165) is 0 Å². The van der Waals surface area contributed by atoms with Crippen molar-refractivity contribution in [1.29, 1.82) is 0 Å². The molecule has 0 spiro atoms. The van der Waals surface area contributed by atoms with Crippen LogP contribution in [0, 0.1) is 0 Å². The second-order valence-corrected chi connectivity index (χ2v) is 6.50. The molecule has 0 aromatic heterocycles. The zero-order valence-corrected chi connectivity index (χ0v) is 16.2. The summed E-state index contributed by atoms with van der Waals surface area (Å²) in [6.45, 7) is 0. The van der Waals surface area contributed by atoms with E-state index in [1.807, 2.05) is 0 Å². The Morgan fingerprint density at radius 1 is 0.839 bits per heavy atom. The van der Waals surface area contributed by atoms with Gasteiger partial charge < -0.3 is 26.4 Å². The lowest BCUT2D eigenvalue weighted by Crippen LogP contribution is -2.61. The van der Waals surface area contributed by atoms with Gasteiger partial charge in [0.1, 0.15) is 0 Å². The van der Waals surface area contributed by atoms with Crippen LogP contribution in [-0.2, 0) is 19.2 Å². The molecule has 11 nitrogen and oxygen atoms in total. The smallest absolute Gasteiger partial charge is 0.331 e. The summed E-state index contributed by atoms with van der Waals surface area (Å²) < 4.78 is 0. The Labute approximate surface area is 177 Å². The molecule has 0 bridgehead atoms. The monoisotopic (exact) mass is 430 g/mol. The summed E-state index contributed by atoms with van der Waals surface area (Å²) in [5, 5.41) is 31.6. The Hall–Kier alpha value is -4.12. The molecule has 1 amide bonds. The molecule has 0 aliphatic carbocycles. The topological polar surface area (TPSA) is 182 Å². The van der Waals surface area contributed by atoms with Crippen molar-refractivity contribution in [2.24, 2.45) is 5.73 Å². The van der Waals surface area contributed by atoms with Crippen LogP contribution in [0.15, 0.2) is 60.7 Å². The second-order valence-electron chi connectivity index (χ2n) is 6.50. The van der Waals surface area contributed by atoms with E-state index in [9.17, 15) is 29.4 Å². The number of nitrogens with one attached hydrogen (secondary N) is 2. The fourth-order valence-electron chi connectivity index (χ4n) is 2.76. The van der Waals surface area contributed by atoms with Gasteiger partial charge in [0.25, 0.3) is 5.91 Å². The van der Waals surface area contributed by atoms with E-state index < -0.39 is 48.4 Å². The Morgan fingerprint density at radius 3 is 1.81 bits per heavy atom. The van der Waals surface area contributed by atoms with Crippen molar-refractivity contribution in [3.63, 3.8) is 0 Å². The van der Waals surface area contributed by atoms with E-state index in [4.69, 9.17) is 10.8 Å². The molecule has 0 fully saturated rings. The van der Waals surface area contributed by atoms with Crippen LogP contribution in [0.25, 0.3) is 0 Å². The fraction of sp³-hybridized carbons (Fsp3) is 0.200. The van der Waals surface area contributed by atoms with Gasteiger partial charge in [-0.25, -0.2) is 14.6 Å². The first-order valence-corrected chi connectivity index (χ1v) is 9.10. The van der Waals surface area contributed by atoms with Gasteiger partial charge in [-0.1, -0.05) is 36.4 Å². The van der Waals surface area contributed by atoms with E-state index in [1.165, 1.54) is 24.3 Å². The third-order valence-electron chi connectivity index (χ3n) is 4.18. The highest BCUT2D eigenvalue weighted by Gasteiger charge is 2.43. The maximum atomic E-state index is 12.9. The number of nitrogens with zero attached hydrogens (tertiary/aromatic N) is 1. The largest absolute Gasteiger partial charge is 0.481 e. The number of rotatable bonds is 11. The van der Waals surface area contributed by atoms with Crippen molar-refractivity contribution < 1.29 is 34.5 Å². The van der Waals surface area contributed by atoms with Crippen molar-refractivity contribution in [2.75, 3.05) is 10.7 Å². The van der Waals surface area contributed by atoms with Crippen molar-refractivity contribution in [1.82, 2.24) is 5.01 Å². The Morgan fingerprint density at radius 2 is 1.35 bits per heavy atom. The molecule has 31 heavy (non-hydrogen) atoms. The van der Waals surface area contributed by atoms with Crippen molar-refractivity contribution in [3.05, 3.63) is 60.7 Å². The first-order chi connectivity index (χ1) is 14.7. The van der Waals surface area contributed by atoms with Crippen LogP contribution >= 0.6 is 0 Å². The third kappa shape index (κ3) is 6.44. The lowest BCUT2D eigenvalue weighted by atomic mass is 10.1. The molecule has 2 rings (SSSR count). The number of benzene rings is 2. The highest BCUT2D eigenvalue weighted by Crippen LogP contribution is 2.18. The van der Waals surface area contributed by atoms with Gasteiger partial charge in [0, 0.05) is 5.69 Å². The molecule has 2 aromatic carbocycles. The highest BCUT2D eigenvalue weighted by molar-refractivity contribution is 5.94. The van der Waals surface area contributed by atoms with Crippen molar-refractivity contribution in [3.8, 4) is 0 Å². The molecule has 1 unspecified atom stereocenters. The number of anilines is 2. The summed E-state index contributed by atoms with van der Waals surface area (Å²) in [5.41, 5.74) is 8.81. The van der Waals surface area contributed by atoms with Gasteiger partial charge in [-0.3, -0.25) is 15.0 Å². The van der Waals surface area contributed by atoms with E-state index in [-0.39, 0.29) is 5.69 Å². The number of carbonyl (C=O) groups excluding carboxylic acids is 1. The normalized spacial score (nSPS) is 13.3. The SMILES string of the molecule is N[C@@H](CC(=O)O)C(=O)N(Nc1ccccc1)[C@H](C(=O)O)C(Nc1ccccc1)C(=O)O. The van der Waals surface area contributed by atoms with E-state index >= 15 is 0 Å². The minimum atomic E-state index is -1.98. The lowest BCUT2D eigenvalue weighted by Gasteiger charge is -2.35. The number of carboxylic acid groups (broad SMARTS) is 3. The molecule has 0 saturated heterocycles. The fourth-order valence-corrected chi connectivity index (χ4v) is 2.76.